The maximum atomic E-state index is 13.6. The van der Waals surface area contributed by atoms with Gasteiger partial charge in [-0.1, -0.05) is 30.3 Å². The van der Waals surface area contributed by atoms with Gasteiger partial charge in [0.15, 0.2) is 5.82 Å². The highest BCUT2D eigenvalue weighted by molar-refractivity contribution is 5.85. The van der Waals surface area contributed by atoms with Gasteiger partial charge in [-0.2, -0.15) is 13.9 Å². The molecule has 1 fully saturated rings. The number of alkyl halides is 2. The molecular weight excluding hydrogens is 454 g/mol. The Labute approximate surface area is 199 Å². The van der Waals surface area contributed by atoms with Crippen LogP contribution in [0.3, 0.4) is 0 Å². The zero-order chi connectivity index (χ0) is 24.8. The minimum atomic E-state index is -3.11. The Morgan fingerprint density at radius 2 is 1.77 bits per heavy atom. The van der Waals surface area contributed by atoms with Crippen molar-refractivity contribution in [1.82, 2.24) is 24.7 Å². The first-order valence-corrected chi connectivity index (χ1v) is 11.0. The molecule has 0 unspecified atom stereocenters. The third-order valence-electron chi connectivity index (χ3n) is 6.24. The summed E-state index contributed by atoms with van der Waals surface area (Å²) in [5.41, 5.74) is 2.75. The smallest absolute Gasteiger partial charge is 0.314 e. The molecule has 1 aliphatic rings. The van der Waals surface area contributed by atoms with Crippen molar-refractivity contribution < 1.29 is 18.7 Å². The molecule has 8 nitrogen and oxygen atoms in total. The van der Waals surface area contributed by atoms with Crippen molar-refractivity contribution >= 4 is 17.6 Å². The molecule has 5 rings (SSSR count). The predicted molar refractivity (Wildman–Crippen MR) is 125 cm³/mol. The Hall–Kier alpha value is -4.21. The number of carbonyl (C=O) groups is 1. The van der Waals surface area contributed by atoms with Crippen LogP contribution in [0.1, 0.15) is 31.0 Å². The van der Waals surface area contributed by atoms with Crippen molar-refractivity contribution in [2.45, 2.75) is 31.1 Å². The molecule has 0 bridgehead atoms. The number of aryl methyl sites for hydroxylation is 1. The zero-order valence-electron chi connectivity index (χ0n) is 19.0. The second kappa shape index (κ2) is 8.23. The standard InChI is InChI=1S/C25H22F2N6O2/c1-24(26,27)20-13-28-14-21(31-20)32-22-18(12-30-33(22)2)19-8-5-16(11-29-19)15-3-6-17(7-4-15)25(9-10-25)23(34)35/h3-8,11-14H,9-10H2,1-2H3,(H,31,32)(H,34,35). The minimum absolute atomic E-state index is 0.167. The summed E-state index contributed by atoms with van der Waals surface area (Å²) in [5.74, 6) is -3.19. The van der Waals surface area contributed by atoms with Crippen LogP contribution in [0.25, 0.3) is 22.4 Å². The number of nitrogens with zero attached hydrogens (tertiary/aromatic N) is 5. The molecular formula is C25H22F2N6O2. The van der Waals surface area contributed by atoms with E-state index in [-0.39, 0.29) is 5.82 Å². The molecule has 1 aliphatic carbocycles. The summed E-state index contributed by atoms with van der Waals surface area (Å²) in [6, 6.07) is 11.3. The van der Waals surface area contributed by atoms with E-state index in [4.69, 9.17) is 0 Å². The second-order valence-electron chi connectivity index (χ2n) is 8.73. The first kappa shape index (κ1) is 22.6. The minimum Gasteiger partial charge on any atom is -0.481 e. The molecule has 35 heavy (non-hydrogen) atoms. The van der Waals surface area contributed by atoms with Gasteiger partial charge in [0.1, 0.15) is 11.5 Å². The first-order chi connectivity index (χ1) is 16.7. The van der Waals surface area contributed by atoms with Gasteiger partial charge in [0.2, 0.25) is 0 Å². The van der Waals surface area contributed by atoms with Gasteiger partial charge < -0.3 is 10.4 Å². The maximum Gasteiger partial charge on any atom is 0.314 e. The van der Waals surface area contributed by atoms with E-state index in [0.29, 0.717) is 29.9 Å². The quantitative estimate of drug-likeness (QED) is 0.390. The lowest BCUT2D eigenvalue weighted by Crippen LogP contribution is -2.19. The van der Waals surface area contributed by atoms with Crippen LogP contribution in [0, 0.1) is 0 Å². The molecule has 0 amide bonds. The van der Waals surface area contributed by atoms with Crippen molar-refractivity contribution in [2.24, 2.45) is 7.05 Å². The molecule has 1 aromatic carbocycles. The van der Waals surface area contributed by atoms with Crippen LogP contribution < -0.4 is 5.32 Å². The fraction of sp³-hybridized carbons (Fsp3) is 0.240. The fourth-order valence-electron chi connectivity index (χ4n) is 3.99. The van der Waals surface area contributed by atoms with Crippen LogP contribution in [-0.2, 0) is 23.2 Å². The average molecular weight is 476 g/mol. The Balaban J connectivity index is 1.39. The largest absolute Gasteiger partial charge is 0.481 e. The number of pyridine rings is 1. The molecule has 2 N–H and O–H groups in total. The lowest BCUT2D eigenvalue weighted by molar-refractivity contribution is -0.140. The lowest BCUT2D eigenvalue weighted by Gasteiger charge is -2.13. The number of carboxylic acid groups (broad SMARTS) is 1. The Kier molecular flexibility index (Phi) is 5.31. The van der Waals surface area contributed by atoms with Crippen LogP contribution in [0.15, 0.2) is 61.2 Å². The van der Waals surface area contributed by atoms with Crippen molar-refractivity contribution in [3.63, 3.8) is 0 Å². The lowest BCUT2D eigenvalue weighted by atomic mass is 9.94. The van der Waals surface area contributed by atoms with Crippen molar-refractivity contribution in [1.29, 1.82) is 0 Å². The Morgan fingerprint density at radius 1 is 1.06 bits per heavy atom. The van der Waals surface area contributed by atoms with Gasteiger partial charge in [-0.05, 0) is 30.0 Å². The van der Waals surface area contributed by atoms with Crippen LogP contribution in [0.5, 0.6) is 0 Å². The monoisotopic (exact) mass is 476 g/mol. The number of anilines is 2. The Morgan fingerprint density at radius 3 is 2.37 bits per heavy atom. The van der Waals surface area contributed by atoms with Crippen LogP contribution in [0.2, 0.25) is 0 Å². The van der Waals surface area contributed by atoms with Gasteiger partial charge in [-0.3, -0.25) is 19.4 Å². The molecule has 178 valence electrons. The second-order valence-corrected chi connectivity index (χ2v) is 8.73. The molecule has 0 aliphatic heterocycles. The number of carboxylic acids is 1. The summed E-state index contributed by atoms with van der Waals surface area (Å²) >= 11 is 0. The van der Waals surface area contributed by atoms with Gasteiger partial charge in [-0.15, -0.1) is 0 Å². The molecule has 0 radical (unpaired) electrons. The summed E-state index contributed by atoms with van der Waals surface area (Å²) in [7, 11) is 1.72. The highest BCUT2D eigenvalue weighted by atomic mass is 19.3. The number of aromatic nitrogens is 5. The summed E-state index contributed by atoms with van der Waals surface area (Å²) in [6.07, 6.45) is 7.08. The normalized spacial score (nSPS) is 14.5. The number of hydrogen-bond donors (Lipinski definition) is 2. The number of aliphatic carboxylic acids is 1. The average Bonchev–Trinajstić information content (AvgIpc) is 3.59. The van der Waals surface area contributed by atoms with E-state index in [1.807, 2.05) is 36.4 Å². The fourth-order valence-corrected chi connectivity index (χ4v) is 3.99. The summed E-state index contributed by atoms with van der Waals surface area (Å²) in [5, 5.41) is 16.8. The van der Waals surface area contributed by atoms with Crippen molar-refractivity contribution in [2.75, 3.05) is 5.32 Å². The van der Waals surface area contributed by atoms with E-state index in [2.05, 4.69) is 25.4 Å². The molecule has 3 aromatic heterocycles. The van der Waals surface area contributed by atoms with Gasteiger partial charge in [-0.25, -0.2) is 4.98 Å². The molecule has 3 heterocycles. The van der Waals surface area contributed by atoms with Gasteiger partial charge in [0.05, 0.1) is 35.3 Å². The van der Waals surface area contributed by atoms with Crippen LogP contribution in [-0.4, -0.2) is 35.8 Å². The van der Waals surface area contributed by atoms with Crippen molar-refractivity contribution in [3.8, 4) is 22.4 Å². The van der Waals surface area contributed by atoms with Gasteiger partial charge >= 0.3 is 5.97 Å². The zero-order valence-corrected chi connectivity index (χ0v) is 19.0. The summed E-state index contributed by atoms with van der Waals surface area (Å²) in [6.45, 7) is 0.769. The number of halogens is 2. The van der Waals surface area contributed by atoms with E-state index in [1.54, 1.807) is 24.1 Å². The molecule has 4 aromatic rings. The summed E-state index contributed by atoms with van der Waals surface area (Å²) in [4.78, 5) is 23.9. The van der Waals surface area contributed by atoms with E-state index in [9.17, 15) is 18.7 Å². The highest BCUT2D eigenvalue weighted by Crippen LogP contribution is 2.48. The third kappa shape index (κ3) is 4.23. The predicted octanol–water partition coefficient (Wildman–Crippen LogP) is 4.91. The van der Waals surface area contributed by atoms with Crippen LogP contribution >= 0.6 is 0 Å². The number of benzene rings is 1. The van der Waals surface area contributed by atoms with E-state index in [1.165, 1.54) is 6.20 Å². The summed E-state index contributed by atoms with van der Waals surface area (Å²) < 4.78 is 28.9. The van der Waals surface area contributed by atoms with E-state index in [0.717, 1.165) is 29.8 Å². The molecule has 0 saturated heterocycles. The number of hydrogen-bond acceptors (Lipinski definition) is 6. The third-order valence-corrected chi connectivity index (χ3v) is 6.24. The van der Waals surface area contributed by atoms with E-state index >= 15 is 0 Å². The molecule has 1 saturated carbocycles. The maximum absolute atomic E-state index is 13.6. The number of nitrogens with one attached hydrogen (secondary N) is 1. The van der Waals surface area contributed by atoms with Gasteiger partial charge in [0.25, 0.3) is 5.92 Å². The van der Waals surface area contributed by atoms with E-state index < -0.39 is 23.0 Å². The molecule has 0 spiro atoms. The molecule has 0 atom stereocenters. The topological polar surface area (TPSA) is 106 Å². The Bertz CT molecular complexity index is 1390. The first-order valence-electron chi connectivity index (χ1n) is 11.0. The SMILES string of the molecule is Cn1ncc(-c2ccc(-c3ccc(C4(C(=O)O)CC4)cc3)cn2)c1Nc1cncc(C(C)(F)F)n1. The highest BCUT2D eigenvalue weighted by Gasteiger charge is 2.51. The van der Waals surface area contributed by atoms with Crippen LogP contribution in [0.4, 0.5) is 20.4 Å². The van der Waals surface area contributed by atoms with Gasteiger partial charge in [0, 0.05) is 25.7 Å². The number of rotatable bonds is 7. The molecule has 10 heteroatoms. The van der Waals surface area contributed by atoms with Crippen molar-refractivity contribution in [3.05, 3.63) is 72.4 Å².